The van der Waals surface area contributed by atoms with Crippen molar-refractivity contribution in [1.82, 2.24) is 0 Å². The second kappa shape index (κ2) is 6.65. The fourth-order valence-corrected chi connectivity index (χ4v) is 2.36. The SMILES string of the molecule is Cc1ccc(CC(=O)Nc2cccc(NC(=O)C3CC3)c2)cc1. The molecule has 2 aromatic rings. The first-order valence-electron chi connectivity index (χ1n) is 7.86. The third-order valence-corrected chi connectivity index (χ3v) is 3.85. The van der Waals surface area contributed by atoms with Gasteiger partial charge in [0.05, 0.1) is 6.42 Å². The van der Waals surface area contributed by atoms with Crippen molar-refractivity contribution in [2.45, 2.75) is 26.2 Å². The largest absolute Gasteiger partial charge is 0.326 e. The highest BCUT2D eigenvalue weighted by Crippen LogP contribution is 2.30. The minimum absolute atomic E-state index is 0.0631. The van der Waals surface area contributed by atoms with Gasteiger partial charge in [0.15, 0.2) is 0 Å². The number of amides is 2. The van der Waals surface area contributed by atoms with Gasteiger partial charge in [0.1, 0.15) is 0 Å². The number of anilines is 2. The molecule has 0 atom stereocenters. The molecule has 1 aliphatic rings. The molecular formula is C19H20N2O2. The van der Waals surface area contributed by atoms with E-state index in [9.17, 15) is 9.59 Å². The standard InChI is InChI=1S/C19H20N2O2/c1-13-5-7-14(8-6-13)11-18(22)20-16-3-2-4-17(12-16)21-19(23)15-9-10-15/h2-8,12,15H,9-11H2,1H3,(H,20,22)(H,21,23). The molecule has 0 aliphatic heterocycles. The number of carbonyl (C=O) groups excluding carboxylic acids is 2. The van der Waals surface area contributed by atoms with E-state index in [1.54, 1.807) is 6.07 Å². The van der Waals surface area contributed by atoms with Crippen LogP contribution in [0.25, 0.3) is 0 Å². The van der Waals surface area contributed by atoms with E-state index in [0.29, 0.717) is 12.1 Å². The van der Waals surface area contributed by atoms with Crippen LogP contribution in [0.5, 0.6) is 0 Å². The van der Waals surface area contributed by atoms with Crippen LogP contribution in [0.1, 0.15) is 24.0 Å². The molecule has 0 aromatic heterocycles. The van der Waals surface area contributed by atoms with E-state index in [2.05, 4.69) is 10.6 Å². The van der Waals surface area contributed by atoms with Crippen LogP contribution < -0.4 is 10.6 Å². The topological polar surface area (TPSA) is 58.2 Å². The lowest BCUT2D eigenvalue weighted by atomic mass is 10.1. The molecule has 4 nitrogen and oxygen atoms in total. The van der Waals surface area contributed by atoms with Crippen molar-refractivity contribution in [3.8, 4) is 0 Å². The summed E-state index contributed by atoms with van der Waals surface area (Å²) in [5.74, 6) is 0.155. The summed E-state index contributed by atoms with van der Waals surface area (Å²) in [6.45, 7) is 2.02. The highest BCUT2D eigenvalue weighted by molar-refractivity contribution is 5.96. The third kappa shape index (κ3) is 4.42. The zero-order valence-corrected chi connectivity index (χ0v) is 13.1. The number of nitrogens with one attached hydrogen (secondary N) is 2. The fourth-order valence-electron chi connectivity index (χ4n) is 2.36. The Morgan fingerprint density at radius 3 is 2.30 bits per heavy atom. The number of benzene rings is 2. The van der Waals surface area contributed by atoms with E-state index in [0.717, 1.165) is 24.1 Å². The molecule has 0 bridgehead atoms. The average molecular weight is 308 g/mol. The van der Waals surface area contributed by atoms with E-state index < -0.39 is 0 Å². The summed E-state index contributed by atoms with van der Waals surface area (Å²) in [4.78, 5) is 23.9. The average Bonchev–Trinajstić information content (AvgIpc) is 3.35. The minimum Gasteiger partial charge on any atom is -0.326 e. The Balaban J connectivity index is 1.59. The van der Waals surface area contributed by atoms with Crippen LogP contribution in [0, 0.1) is 12.8 Å². The highest BCUT2D eigenvalue weighted by atomic mass is 16.2. The fraction of sp³-hybridized carbons (Fsp3) is 0.263. The molecule has 23 heavy (non-hydrogen) atoms. The zero-order chi connectivity index (χ0) is 16.2. The van der Waals surface area contributed by atoms with Gasteiger partial charge in [-0.15, -0.1) is 0 Å². The van der Waals surface area contributed by atoms with Crippen molar-refractivity contribution in [3.05, 3.63) is 59.7 Å². The highest BCUT2D eigenvalue weighted by Gasteiger charge is 2.29. The second-order valence-corrected chi connectivity index (χ2v) is 6.05. The van der Waals surface area contributed by atoms with Gasteiger partial charge in [-0.1, -0.05) is 35.9 Å². The number of carbonyl (C=O) groups is 2. The molecule has 0 heterocycles. The lowest BCUT2D eigenvalue weighted by molar-refractivity contribution is -0.117. The molecule has 2 aromatic carbocycles. The summed E-state index contributed by atoms with van der Waals surface area (Å²) in [6, 6.07) is 15.2. The van der Waals surface area contributed by atoms with Gasteiger partial charge in [-0.05, 0) is 43.5 Å². The van der Waals surface area contributed by atoms with Gasteiger partial charge in [0.25, 0.3) is 0 Å². The Labute approximate surface area is 135 Å². The van der Waals surface area contributed by atoms with Crippen LogP contribution in [-0.4, -0.2) is 11.8 Å². The minimum atomic E-state index is -0.0699. The number of rotatable bonds is 5. The Bertz CT molecular complexity index is 718. The first-order chi connectivity index (χ1) is 11.1. The van der Waals surface area contributed by atoms with Gasteiger partial charge >= 0.3 is 0 Å². The summed E-state index contributed by atoms with van der Waals surface area (Å²) in [6.07, 6.45) is 2.27. The van der Waals surface area contributed by atoms with E-state index in [1.165, 1.54) is 5.56 Å². The van der Waals surface area contributed by atoms with Crippen molar-refractivity contribution < 1.29 is 9.59 Å². The molecule has 1 fully saturated rings. The van der Waals surface area contributed by atoms with Crippen LogP contribution in [-0.2, 0) is 16.0 Å². The van der Waals surface area contributed by atoms with Gasteiger partial charge < -0.3 is 10.6 Å². The quantitative estimate of drug-likeness (QED) is 0.888. The molecule has 0 unspecified atom stereocenters. The lowest BCUT2D eigenvalue weighted by Crippen LogP contribution is -2.16. The lowest BCUT2D eigenvalue weighted by Gasteiger charge is -2.09. The molecular weight excluding hydrogens is 288 g/mol. The zero-order valence-electron chi connectivity index (χ0n) is 13.1. The molecule has 3 rings (SSSR count). The van der Waals surface area contributed by atoms with Crippen LogP contribution in [0.2, 0.25) is 0 Å². The van der Waals surface area contributed by atoms with Gasteiger partial charge in [0.2, 0.25) is 11.8 Å². The normalized spacial score (nSPS) is 13.4. The number of hydrogen-bond acceptors (Lipinski definition) is 2. The first-order valence-corrected chi connectivity index (χ1v) is 7.86. The van der Waals surface area contributed by atoms with Crippen LogP contribution in [0.3, 0.4) is 0 Å². The van der Waals surface area contributed by atoms with Gasteiger partial charge in [-0.3, -0.25) is 9.59 Å². The van der Waals surface area contributed by atoms with Crippen molar-refractivity contribution in [1.29, 1.82) is 0 Å². The maximum Gasteiger partial charge on any atom is 0.228 e. The van der Waals surface area contributed by atoms with E-state index in [-0.39, 0.29) is 17.7 Å². The van der Waals surface area contributed by atoms with Crippen LogP contribution in [0.15, 0.2) is 48.5 Å². The molecule has 0 saturated heterocycles. The van der Waals surface area contributed by atoms with Crippen LogP contribution >= 0.6 is 0 Å². The molecule has 4 heteroatoms. The smallest absolute Gasteiger partial charge is 0.228 e. The second-order valence-electron chi connectivity index (χ2n) is 6.05. The third-order valence-electron chi connectivity index (χ3n) is 3.85. The summed E-state index contributed by atoms with van der Waals surface area (Å²) in [5.41, 5.74) is 3.56. The van der Waals surface area contributed by atoms with Crippen LogP contribution in [0.4, 0.5) is 11.4 Å². The maximum atomic E-state index is 12.1. The first kappa shape index (κ1) is 15.3. The molecule has 2 amide bonds. The molecule has 2 N–H and O–H groups in total. The van der Waals surface area contributed by atoms with Crippen molar-refractivity contribution >= 4 is 23.2 Å². The Morgan fingerprint density at radius 1 is 1.00 bits per heavy atom. The molecule has 0 radical (unpaired) electrons. The molecule has 118 valence electrons. The predicted octanol–water partition coefficient (Wildman–Crippen LogP) is 3.52. The predicted molar refractivity (Wildman–Crippen MR) is 91.3 cm³/mol. The molecule has 0 spiro atoms. The molecule has 1 aliphatic carbocycles. The van der Waals surface area contributed by atoms with Crippen molar-refractivity contribution in [2.75, 3.05) is 10.6 Å². The summed E-state index contributed by atoms with van der Waals surface area (Å²) in [5, 5.41) is 5.76. The maximum absolute atomic E-state index is 12.1. The Hall–Kier alpha value is -2.62. The van der Waals surface area contributed by atoms with E-state index in [4.69, 9.17) is 0 Å². The van der Waals surface area contributed by atoms with E-state index >= 15 is 0 Å². The summed E-state index contributed by atoms with van der Waals surface area (Å²) in [7, 11) is 0. The number of hydrogen-bond donors (Lipinski definition) is 2. The van der Waals surface area contributed by atoms with Gasteiger partial charge in [-0.2, -0.15) is 0 Å². The summed E-state index contributed by atoms with van der Waals surface area (Å²) >= 11 is 0. The summed E-state index contributed by atoms with van der Waals surface area (Å²) < 4.78 is 0. The van der Waals surface area contributed by atoms with Crippen molar-refractivity contribution in [2.24, 2.45) is 5.92 Å². The molecule has 1 saturated carbocycles. The monoisotopic (exact) mass is 308 g/mol. The Morgan fingerprint density at radius 2 is 1.65 bits per heavy atom. The van der Waals surface area contributed by atoms with Gasteiger partial charge in [-0.25, -0.2) is 0 Å². The number of aryl methyl sites for hydroxylation is 1. The Kier molecular flexibility index (Phi) is 4.42. The van der Waals surface area contributed by atoms with Crippen molar-refractivity contribution in [3.63, 3.8) is 0 Å². The van der Waals surface area contributed by atoms with Gasteiger partial charge in [0, 0.05) is 17.3 Å². The van der Waals surface area contributed by atoms with E-state index in [1.807, 2.05) is 49.4 Å².